The van der Waals surface area contributed by atoms with Crippen LogP contribution in [-0.2, 0) is 12.8 Å². The molecule has 1 atom stereocenters. The van der Waals surface area contributed by atoms with Crippen LogP contribution in [0, 0.1) is 6.92 Å². The molecule has 104 valence electrons. The molecule has 1 aliphatic carbocycles. The zero-order chi connectivity index (χ0) is 14.1. The second kappa shape index (κ2) is 5.25. The second-order valence-corrected chi connectivity index (χ2v) is 6.18. The molecule has 2 aromatic rings. The van der Waals surface area contributed by atoms with Crippen LogP contribution in [0.2, 0.25) is 0 Å². The molecular formula is C15H17N3OS. The lowest BCUT2D eigenvalue weighted by Crippen LogP contribution is -2.38. The molecule has 0 saturated carbocycles. The van der Waals surface area contributed by atoms with Gasteiger partial charge in [-0.2, -0.15) is 0 Å². The Bertz CT molecular complexity index is 650. The summed E-state index contributed by atoms with van der Waals surface area (Å²) in [6.45, 7) is 1.82. The maximum absolute atomic E-state index is 12.3. The van der Waals surface area contributed by atoms with Crippen molar-refractivity contribution in [2.75, 3.05) is 5.73 Å². The van der Waals surface area contributed by atoms with Crippen molar-refractivity contribution >= 4 is 22.4 Å². The summed E-state index contributed by atoms with van der Waals surface area (Å²) in [5.41, 5.74) is 9.09. The molecule has 3 N–H and O–H groups in total. The Hall–Kier alpha value is -1.88. The highest BCUT2D eigenvalue weighted by atomic mass is 32.1. The molecule has 0 saturated heterocycles. The minimum atomic E-state index is -0.0546. The van der Waals surface area contributed by atoms with Gasteiger partial charge in [0, 0.05) is 6.04 Å². The molecule has 1 heterocycles. The lowest BCUT2D eigenvalue weighted by atomic mass is 9.88. The van der Waals surface area contributed by atoms with E-state index in [1.54, 1.807) is 0 Å². The normalized spacial score (nSPS) is 17.6. The van der Waals surface area contributed by atoms with Crippen LogP contribution >= 0.6 is 11.3 Å². The van der Waals surface area contributed by atoms with Crippen LogP contribution in [0.1, 0.15) is 32.9 Å². The summed E-state index contributed by atoms with van der Waals surface area (Å²) < 4.78 is 0. The van der Waals surface area contributed by atoms with Crippen LogP contribution in [-0.4, -0.2) is 16.9 Å². The summed E-state index contributed by atoms with van der Waals surface area (Å²) in [6, 6.07) is 8.63. The van der Waals surface area contributed by atoms with E-state index < -0.39 is 0 Å². The number of nitrogen functional groups attached to an aromatic ring is 1. The molecule has 1 unspecified atom stereocenters. The van der Waals surface area contributed by atoms with Gasteiger partial charge in [0.15, 0.2) is 5.13 Å². The lowest BCUT2D eigenvalue weighted by molar-refractivity contribution is 0.0937. The summed E-state index contributed by atoms with van der Waals surface area (Å²) >= 11 is 1.25. The number of hydrogen-bond donors (Lipinski definition) is 2. The number of anilines is 1. The third-order valence-electron chi connectivity index (χ3n) is 3.70. The van der Waals surface area contributed by atoms with Gasteiger partial charge in [0.2, 0.25) is 0 Å². The molecule has 0 spiro atoms. The number of hydrogen-bond acceptors (Lipinski definition) is 4. The van der Waals surface area contributed by atoms with Crippen molar-refractivity contribution in [3.8, 4) is 0 Å². The van der Waals surface area contributed by atoms with Crippen LogP contribution in [0.25, 0.3) is 0 Å². The number of nitrogens with two attached hydrogens (primary N) is 1. The molecule has 0 fully saturated rings. The molecule has 3 rings (SSSR count). The minimum Gasteiger partial charge on any atom is -0.375 e. The zero-order valence-electron chi connectivity index (χ0n) is 11.3. The fraction of sp³-hybridized carbons (Fsp3) is 0.333. The first-order chi connectivity index (χ1) is 9.63. The van der Waals surface area contributed by atoms with E-state index in [4.69, 9.17) is 5.73 Å². The molecule has 1 aliphatic rings. The lowest BCUT2D eigenvalue weighted by Gasteiger charge is -2.25. The predicted molar refractivity (Wildman–Crippen MR) is 81.0 cm³/mol. The van der Waals surface area contributed by atoms with E-state index in [-0.39, 0.29) is 11.9 Å². The average Bonchev–Trinajstić information content (AvgIpc) is 2.78. The molecule has 0 radical (unpaired) electrons. The van der Waals surface area contributed by atoms with Gasteiger partial charge >= 0.3 is 0 Å². The topological polar surface area (TPSA) is 68.0 Å². The molecule has 1 aromatic carbocycles. The van der Waals surface area contributed by atoms with Gasteiger partial charge in [0.1, 0.15) is 4.88 Å². The Morgan fingerprint density at radius 2 is 2.15 bits per heavy atom. The summed E-state index contributed by atoms with van der Waals surface area (Å²) in [7, 11) is 0. The average molecular weight is 287 g/mol. The number of thiazole rings is 1. The Kier molecular flexibility index (Phi) is 3.44. The fourth-order valence-electron chi connectivity index (χ4n) is 2.70. The Balaban J connectivity index is 1.71. The number of benzene rings is 1. The molecule has 1 aromatic heterocycles. The number of amides is 1. The summed E-state index contributed by atoms with van der Waals surface area (Å²) in [6.07, 6.45) is 2.90. The minimum absolute atomic E-state index is 0.0546. The van der Waals surface area contributed by atoms with E-state index in [2.05, 4.69) is 34.6 Å². The van der Waals surface area contributed by atoms with Crippen LogP contribution in [0.3, 0.4) is 0 Å². The van der Waals surface area contributed by atoms with Gasteiger partial charge in [-0.05, 0) is 37.3 Å². The van der Waals surface area contributed by atoms with Crippen molar-refractivity contribution in [1.29, 1.82) is 0 Å². The molecule has 5 heteroatoms. The Morgan fingerprint density at radius 3 is 2.85 bits per heavy atom. The predicted octanol–water partition coefficient (Wildman–Crippen LogP) is 2.32. The zero-order valence-corrected chi connectivity index (χ0v) is 12.2. The maximum atomic E-state index is 12.3. The van der Waals surface area contributed by atoms with E-state index in [1.807, 2.05) is 6.92 Å². The monoisotopic (exact) mass is 287 g/mol. The van der Waals surface area contributed by atoms with Gasteiger partial charge in [-0.1, -0.05) is 35.6 Å². The third kappa shape index (κ3) is 2.54. The SMILES string of the molecule is Cc1nc(N)sc1C(=O)NC1CCc2ccccc2C1. The highest BCUT2D eigenvalue weighted by Crippen LogP contribution is 2.23. The van der Waals surface area contributed by atoms with Crippen molar-refractivity contribution in [3.63, 3.8) is 0 Å². The van der Waals surface area contributed by atoms with Gasteiger partial charge in [0.25, 0.3) is 5.91 Å². The highest BCUT2D eigenvalue weighted by Gasteiger charge is 2.22. The number of fused-ring (bicyclic) bond motifs is 1. The quantitative estimate of drug-likeness (QED) is 0.890. The molecular weight excluding hydrogens is 270 g/mol. The van der Waals surface area contributed by atoms with Crippen molar-refractivity contribution in [2.45, 2.75) is 32.2 Å². The van der Waals surface area contributed by atoms with Crippen molar-refractivity contribution in [3.05, 3.63) is 46.0 Å². The Morgan fingerprint density at radius 1 is 1.40 bits per heavy atom. The smallest absolute Gasteiger partial charge is 0.263 e. The number of rotatable bonds is 2. The second-order valence-electron chi connectivity index (χ2n) is 5.15. The van der Waals surface area contributed by atoms with E-state index in [1.165, 1.54) is 22.5 Å². The largest absolute Gasteiger partial charge is 0.375 e. The van der Waals surface area contributed by atoms with Crippen LogP contribution in [0.15, 0.2) is 24.3 Å². The number of aromatic nitrogens is 1. The van der Waals surface area contributed by atoms with Crippen molar-refractivity contribution in [2.24, 2.45) is 0 Å². The summed E-state index contributed by atoms with van der Waals surface area (Å²) in [5.74, 6) is -0.0546. The van der Waals surface area contributed by atoms with Gasteiger partial charge in [-0.3, -0.25) is 4.79 Å². The molecule has 1 amide bonds. The first kappa shape index (κ1) is 13.1. The Labute approximate surface area is 122 Å². The molecule has 4 nitrogen and oxygen atoms in total. The standard InChI is InChI=1S/C15H17N3OS/c1-9-13(20-15(16)17-9)14(19)18-12-7-6-10-4-2-3-5-11(10)8-12/h2-5,12H,6-8H2,1H3,(H2,16,17)(H,18,19). The number of nitrogens with one attached hydrogen (secondary N) is 1. The van der Waals surface area contributed by atoms with E-state index in [0.29, 0.717) is 15.7 Å². The summed E-state index contributed by atoms with van der Waals surface area (Å²) in [5, 5.41) is 3.55. The number of carbonyl (C=O) groups excluding carboxylic acids is 1. The number of nitrogens with zero attached hydrogens (tertiary/aromatic N) is 1. The maximum Gasteiger partial charge on any atom is 0.263 e. The van der Waals surface area contributed by atoms with Crippen LogP contribution in [0.5, 0.6) is 0 Å². The van der Waals surface area contributed by atoms with Gasteiger partial charge in [-0.25, -0.2) is 4.98 Å². The highest BCUT2D eigenvalue weighted by molar-refractivity contribution is 7.17. The van der Waals surface area contributed by atoms with Crippen molar-refractivity contribution < 1.29 is 4.79 Å². The van der Waals surface area contributed by atoms with Gasteiger partial charge < -0.3 is 11.1 Å². The first-order valence-corrected chi connectivity index (χ1v) is 7.55. The fourth-order valence-corrected chi connectivity index (χ4v) is 3.44. The van der Waals surface area contributed by atoms with Crippen LogP contribution < -0.4 is 11.1 Å². The third-order valence-corrected chi connectivity index (χ3v) is 4.69. The number of carbonyl (C=O) groups is 1. The van der Waals surface area contributed by atoms with E-state index >= 15 is 0 Å². The first-order valence-electron chi connectivity index (χ1n) is 6.74. The molecule has 20 heavy (non-hydrogen) atoms. The summed E-state index contributed by atoms with van der Waals surface area (Å²) in [4.78, 5) is 17.0. The van der Waals surface area contributed by atoms with E-state index in [0.717, 1.165) is 19.3 Å². The van der Waals surface area contributed by atoms with Crippen molar-refractivity contribution in [1.82, 2.24) is 10.3 Å². The van der Waals surface area contributed by atoms with Gasteiger partial charge in [0.05, 0.1) is 5.69 Å². The van der Waals surface area contributed by atoms with Crippen LogP contribution in [0.4, 0.5) is 5.13 Å². The van der Waals surface area contributed by atoms with Gasteiger partial charge in [-0.15, -0.1) is 0 Å². The molecule has 0 aliphatic heterocycles. The van der Waals surface area contributed by atoms with E-state index in [9.17, 15) is 4.79 Å². The number of aryl methyl sites for hydroxylation is 2. The molecule has 0 bridgehead atoms.